The van der Waals surface area contributed by atoms with Crippen LogP contribution in [0.2, 0.25) is 0 Å². The minimum Gasteiger partial charge on any atom is -0.373 e. The Morgan fingerprint density at radius 3 is 2.51 bits per heavy atom. The van der Waals surface area contributed by atoms with E-state index >= 15 is 0 Å². The summed E-state index contributed by atoms with van der Waals surface area (Å²) in [4.78, 5) is 19.5. The third-order valence-electron chi connectivity index (χ3n) is 8.06. The molecule has 35 heavy (non-hydrogen) atoms. The first kappa shape index (κ1) is 22.9. The van der Waals surface area contributed by atoms with Crippen LogP contribution in [0, 0.1) is 13.8 Å². The Morgan fingerprint density at radius 2 is 1.77 bits per heavy atom. The van der Waals surface area contributed by atoms with Gasteiger partial charge in [-0.1, -0.05) is 0 Å². The summed E-state index contributed by atoms with van der Waals surface area (Å²) in [6.45, 7) is 3.57. The molecule has 2 atom stereocenters. The Kier molecular flexibility index (Phi) is 5.78. The highest BCUT2D eigenvalue weighted by atomic mass is 19.2. The molecule has 1 saturated heterocycles. The number of aryl methyl sites for hydroxylation is 2. The Morgan fingerprint density at radius 1 is 1.00 bits per heavy atom. The molecule has 2 saturated carbocycles. The summed E-state index contributed by atoms with van der Waals surface area (Å²) in [7, 11) is 0. The minimum atomic E-state index is -1.71. The van der Waals surface area contributed by atoms with Crippen molar-refractivity contribution in [3.8, 4) is 0 Å². The van der Waals surface area contributed by atoms with E-state index in [0.717, 1.165) is 41.3 Å². The maximum Gasteiger partial charge on any atom is 0.182 e. The van der Waals surface area contributed by atoms with Crippen molar-refractivity contribution >= 4 is 11.2 Å². The molecule has 3 aromatic heterocycles. The SMILES string of the molecule is Cc1nc2nc([C@H]3CCO[C@@H](c4cnn(C5CC5)c4)C3)nc(C3CCC(F)(CF)CC3)c2nc1C. The van der Waals surface area contributed by atoms with Crippen molar-refractivity contribution in [1.29, 1.82) is 0 Å². The number of rotatable bonds is 5. The van der Waals surface area contributed by atoms with Gasteiger partial charge in [0, 0.05) is 30.2 Å². The monoisotopic (exact) mass is 482 g/mol. The second-order valence-electron chi connectivity index (χ2n) is 10.7. The molecule has 9 heteroatoms. The molecule has 0 radical (unpaired) electrons. The Hall–Kier alpha value is -2.55. The van der Waals surface area contributed by atoms with Crippen LogP contribution in [0.1, 0.15) is 104 Å². The first-order valence-corrected chi connectivity index (χ1v) is 12.9. The van der Waals surface area contributed by atoms with Gasteiger partial charge in [-0.3, -0.25) is 4.68 Å². The number of hydrogen-bond donors (Lipinski definition) is 0. The van der Waals surface area contributed by atoms with Crippen LogP contribution in [0.15, 0.2) is 12.4 Å². The number of halogens is 2. The maximum absolute atomic E-state index is 14.6. The summed E-state index contributed by atoms with van der Waals surface area (Å²) >= 11 is 0. The zero-order valence-corrected chi connectivity index (χ0v) is 20.4. The molecular formula is C26H32F2N6O. The molecule has 0 spiro atoms. The predicted octanol–water partition coefficient (Wildman–Crippen LogP) is 5.54. The Balaban J connectivity index is 1.32. The highest BCUT2D eigenvalue weighted by Crippen LogP contribution is 2.43. The fraction of sp³-hybridized carbons (Fsp3) is 0.654. The fourth-order valence-corrected chi connectivity index (χ4v) is 5.48. The molecular weight excluding hydrogens is 450 g/mol. The molecule has 1 aliphatic heterocycles. The molecule has 0 N–H and O–H groups in total. The van der Waals surface area contributed by atoms with Gasteiger partial charge in [0.2, 0.25) is 0 Å². The number of aromatic nitrogens is 6. The molecule has 186 valence electrons. The van der Waals surface area contributed by atoms with Gasteiger partial charge in [-0.05, 0) is 65.2 Å². The lowest BCUT2D eigenvalue weighted by Gasteiger charge is -2.32. The quantitative estimate of drug-likeness (QED) is 0.475. The van der Waals surface area contributed by atoms with E-state index in [4.69, 9.17) is 24.7 Å². The molecule has 0 aromatic carbocycles. The van der Waals surface area contributed by atoms with Gasteiger partial charge in [0.15, 0.2) is 5.65 Å². The summed E-state index contributed by atoms with van der Waals surface area (Å²) in [6, 6.07) is 0.538. The van der Waals surface area contributed by atoms with Gasteiger partial charge in [0.05, 0.1) is 35.4 Å². The molecule has 3 aliphatic rings. The smallest absolute Gasteiger partial charge is 0.182 e. The average Bonchev–Trinajstić information content (AvgIpc) is 3.61. The Labute approximate surface area is 203 Å². The van der Waals surface area contributed by atoms with Crippen LogP contribution in [0.4, 0.5) is 8.78 Å². The number of fused-ring (bicyclic) bond motifs is 1. The molecule has 2 aliphatic carbocycles. The second kappa shape index (κ2) is 8.84. The van der Waals surface area contributed by atoms with Crippen molar-refractivity contribution in [3.05, 3.63) is 40.9 Å². The number of ether oxygens (including phenoxy) is 1. The van der Waals surface area contributed by atoms with E-state index < -0.39 is 12.3 Å². The number of alkyl halides is 2. The van der Waals surface area contributed by atoms with Crippen molar-refractivity contribution in [2.24, 2.45) is 0 Å². The minimum absolute atomic E-state index is 0.0264. The summed E-state index contributed by atoms with van der Waals surface area (Å²) in [5, 5.41) is 4.53. The highest BCUT2D eigenvalue weighted by molar-refractivity contribution is 5.73. The molecule has 6 rings (SSSR count). The summed E-state index contributed by atoms with van der Waals surface area (Å²) in [5.41, 5.74) is 3.21. The lowest BCUT2D eigenvalue weighted by molar-refractivity contribution is 0.00388. The molecule has 4 heterocycles. The fourth-order valence-electron chi connectivity index (χ4n) is 5.48. The van der Waals surface area contributed by atoms with Crippen LogP contribution in [0.3, 0.4) is 0 Å². The van der Waals surface area contributed by atoms with Crippen molar-refractivity contribution in [3.63, 3.8) is 0 Å². The van der Waals surface area contributed by atoms with Gasteiger partial charge >= 0.3 is 0 Å². The second-order valence-corrected chi connectivity index (χ2v) is 10.7. The zero-order valence-electron chi connectivity index (χ0n) is 20.4. The van der Waals surface area contributed by atoms with E-state index in [9.17, 15) is 8.78 Å². The summed E-state index contributed by atoms with van der Waals surface area (Å²) in [6.07, 6.45) is 9.51. The molecule has 0 amide bonds. The average molecular weight is 483 g/mol. The summed E-state index contributed by atoms with van der Waals surface area (Å²) < 4.78 is 36.0. The molecule has 7 nitrogen and oxygen atoms in total. The van der Waals surface area contributed by atoms with Crippen LogP contribution >= 0.6 is 0 Å². The third kappa shape index (κ3) is 4.43. The van der Waals surface area contributed by atoms with Gasteiger partial charge in [-0.2, -0.15) is 5.10 Å². The Bertz CT molecular complexity index is 1230. The number of nitrogens with zero attached hydrogens (tertiary/aromatic N) is 6. The maximum atomic E-state index is 14.6. The normalized spacial score (nSPS) is 29.5. The van der Waals surface area contributed by atoms with Crippen LogP contribution in [-0.4, -0.2) is 48.7 Å². The van der Waals surface area contributed by atoms with Gasteiger partial charge < -0.3 is 4.74 Å². The van der Waals surface area contributed by atoms with E-state index in [-0.39, 0.29) is 30.8 Å². The van der Waals surface area contributed by atoms with E-state index in [1.807, 2.05) is 20.0 Å². The predicted molar refractivity (Wildman–Crippen MR) is 127 cm³/mol. The third-order valence-corrected chi connectivity index (χ3v) is 8.06. The largest absolute Gasteiger partial charge is 0.373 e. The van der Waals surface area contributed by atoms with Crippen molar-refractivity contribution in [1.82, 2.24) is 29.7 Å². The van der Waals surface area contributed by atoms with Crippen molar-refractivity contribution < 1.29 is 13.5 Å². The van der Waals surface area contributed by atoms with Gasteiger partial charge in [-0.15, -0.1) is 0 Å². The van der Waals surface area contributed by atoms with E-state index in [2.05, 4.69) is 16.0 Å². The van der Waals surface area contributed by atoms with Gasteiger partial charge in [0.1, 0.15) is 23.7 Å². The van der Waals surface area contributed by atoms with E-state index in [0.29, 0.717) is 36.7 Å². The van der Waals surface area contributed by atoms with Crippen molar-refractivity contribution in [2.75, 3.05) is 13.3 Å². The van der Waals surface area contributed by atoms with Gasteiger partial charge in [0.25, 0.3) is 0 Å². The standard InChI is InChI=1S/C26H32F2N6O/c1-15-16(2)31-25-23(30-15)22(17-5-8-26(28,14-27)9-6-17)32-24(33-25)18-7-10-35-21(11-18)19-12-29-34(13-19)20-3-4-20/h12-13,17-18,20-21H,3-11,14H2,1-2H3/t17?,18-,21+,26?/m0/s1. The van der Waals surface area contributed by atoms with Crippen LogP contribution in [-0.2, 0) is 4.74 Å². The molecule has 0 unspecified atom stereocenters. The first-order valence-electron chi connectivity index (χ1n) is 12.9. The zero-order chi connectivity index (χ0) is 24.2. The van der Waals surface area contributed by atoms with Crippen LogP contribution in [0.25, 0.3) is 11.2 Å². The number of hydrogen-bond acceptors (Lipinski definition) is 6. The van der Waals surface area contributed by atoms with Gasteiger partial charge in [-0.25, -0.2) is 28.7 Å². The topological polar surface area (TPSA) is 78.6 Å². The van der Waals surface area contributed by atoms with E-state index in [1.165, 1.54) is 12.8 Å². The lowest BCUT2D eigenvalue weighted by atomic mass is 9.79. The lowest BCUT2D eigenvalue weighted by Crippen LogP contribution is -2.31. The molecule has 3 fully saturated rings. The molecule has 0 bridgehead atoms. The van der Waals surface area contributed by atoms with E-state index in [1.54, 1.807) is 0 Å². The summed E-state index contributed by atoms with van der Waals surface area (Å²) in [5.74, 6) is 0.910. The molecule has 3 aromatic rings. The van der Waals surface area contributed by atoms with Crippen LogP contribution in [0.5, 0.6) is 0 Å². The highest BCUT2D eigenvalue weighted by Gasteiger charge is 2.38. The van der Waals surface area contributed by atoms with Crippen molar-refractivity contribution in [2.45, 2.75) is 94.9 Å². The first-order chi connectivity index (χ1) is 16.9. The van der Waals surface area contributed by atoms with Crippen LogP contribution < -0.4 is 0 Å².